The predicted octanol–water partition coefficient (Wildman–Crippen LogP) is 1.59. The van der Waals surface area contributed by atoms with Crippen LogP contribution in [-0.2, 0) is 4.79 Å². The van der Waals surface area contributed by atoms with Gasteiger partial charge in [0.15, 0.2) is 0 Å². The van der Waals surface area contributed by atoms with Gasteiger partial charge in [-0.3, -0.25) is 4.79 Å². The number of hydrogen-bond donors (Lipinski definition) is 3. The molecule has 1 amide bonds. The van der Waals surface area contributed by atoms with Crippen molar-refractivity contribution in [2.45, 2.75) is 32.2 Å². The third kappa shape index (κ3) is 3.61. The summed E-state index contributed by atoms with van der Waals surface area (Å²) in [5, 5.41) is 9.47. The van der Waals surface area contributed by atoms with Crippen LogP contribution in [0.2, 0.25) is 0 Å². The highest BCUT2D eigenvalue weighted by atomic mass is 16.1. The number of nitrogens with zero attached hydrogens (tertiary/aromatic N) is 1. The number of carbonyl (C=O) groups excluding carboxylic acids is 1. The van der Waals surface area contributed by atoms with Gasteiger partial charge in [0.1, 0.15) is 11.6 Å². The first-order valence-corrected chi connectivity index (χ1v) is 6.52. The van der Waals surface area contributed by atoms with E-state index in [-0.39, 0.29) is 11.9 Å². The third-order valence-electron chi connectivity index (χ3n) is 2.92. The highest BCUT2D eigenvalue weighted by Gasteiger charge is 2.17. The second kappa shape index (κ2) is 6.23. The molecule has 1 saturated heterocycles. The molecule has 5 nitrogen and oxygen atoms in total. The number of carbonyl (C=O) groups is 1. The van der Waals surface area contributed by atoms with Gasteiger partial charge < -0.3 is 16.0 Å². The number of amides is 1. The maximum absolute atomic E-state index is 11.1. The second-order valence-corrected chi connectivity index (χ2v) is 4.52. The number of aromatic nitrogens is 1. The molecule has 0 spiro atoms. The maximum atomic E-state index is 11.1. The van der Waals surface area contributed by atoms with Crippen molar-refractivity contribution in [2.24, 2.45) is 0 Å². The van der Waals surface area contributed by atoms with Gasteiger partial charge in [-0.1, -0.05) is 13.0 Å². The van der Waals surface area contributed by atoms with Crippen LogP contribution in [0.5, 0.6) is 0 Å². The number of anilines is 2. The van der Waals surface area contributed by atoms with Gasteiger partial charge in [-0.05, 0) is 25.0 Å². The van der Waals surface area contributed by atoms with Crippen molar-refractivity contribution in [3.05, 3.63) is 18.2 Å². The quantitative estimate of drug-likeness (QED) is 0.740. The molecular weight excluding hydrogens is 228 g/mol. The lowest BCUT2D eigenvalue weighted by Crippen LogP contribution is -2.42. The zero-order valence-electron chi connectivity index (χ0n) is 10.7. The van der Waals surface area contributed by atoms with Crippen LogP contribution in [0.1, 0.15) is 26.2 Å². The van der Waals surface area contributed by atoms with E-state index in [0.29, 0.717) is 13.0 Å². The number of nitrogens with one attached hydrogen (secondary N) is 3. The van der Waals surface area contributed by atoms with Crippen LogP contribution in [0.25, 0.3) is 0 Å². The molecule has 1 aromatic heterocycles. The van der Waals surface area contributed by atoms with Crippen molar-refractivity contribution < 1.29 is 4.79 Å². The summed E-state index contributed by atoms with van der Waals surface area (Å²) in [7, 11) is 0. The SMILES string of the molecule is CCCNc1cccc(NC2CCC(=O)NC2)n1. The van der Waals surface area contributed by atoms with Gasteiger partial charge in [0.2, 0.25) is 5.91 Å². The molecule has 1 aliphatic rings. The lowest BCUT2D eigenvalue weighted by Gasteiger charge is -2.24. The van der Waals surface area contributed by atoms with Crippen LogP contribution in [-0.4, -0.2) is 30.0 Å². The number of piperidine rings is 1. The average Bonchev–Trinajstić information content (AvgIpc) is 2.40. The summed E-state index contributed by atoms with van der Waals surface area (Å²) in [6.07, 6.45) is 2.53. The van der Waals surface area contributed by atoms with Gasteiger partial charge in [0, 0.05) is 25.6 Å². The molecule has 1 aliphatic heterocycles. The van der Waals surface area contributed by atoms with Crippen LogP contribution in [0, 0.1) is 0 Å². The summed E-state index contributed by atoms with van der Waals surface area (Å²) in [6, 6.07) is 6.17. The summed E-state index contributed by atoms with van der Waals surface area (Å²) < 4.78 is 0. The molecule has 0 radical (unpaired) electrons. The smallest absolute Gasteiger partial charge is 0.220 e. The Morgan fingerprint density at radius 2 is 2.28 bits per heavy atom. The van der Waals surface area contributed by atoms with Gasteiger partial charge in [-0.2, -0.15) is 0 Å². The molecule has 1 unspecified atom stereocenters. The number of hydrogen-bond acceptors (Lipinski definition) is 4. The Balaban J connectivity index is 1.90. The van der Waals surface area contributed by atoms with E-state index >= 15 is 0 Å². The van der Waals surface area contributed by atoms with Crippen LogP contribution >= 0.6 is 0 Å². The van der Waals surface area contributed by atoms with Gasteiger partial charge in [0.25, 0.3) is 0 Å². The molecule has 1 fully saturated rings. The predicted molar refractivity (Wildman–Crippen MR) is 72.7 cm³/mol. The fourth-order valence-electron chi connectivity index (χ4n) is 1.93. The van der Waals surface area contributed by atoms with Gasteiger partial charge in [-0.15, -0.1) is 0 Å². The Hall–Kier alpha value is -1.78. The van der Waals surface area contributed by atoms with Crippen LogP contribution in [0.15, 0.2) is 18.2 Å². The lowest BCUT2D eigenvalue weighted by atomic mass is 10.1. The second-order valence-electron chi connectivity index (χ2n) is 4.52. The zero-order chi connectivity index (χ0) is 12.8. The van der Waals surface area contributed by atoms with Crippen LogP contribution < -0.4 is 16.0 Å². The highest BCUT2D eigenvalue weighted by Crippen LogP contribution is 2.13. The van der Waals surface area contributed by atoms with Gasteiger partial charge in [0.05, 0.1) is 0 Å². The molecule has 0 bridgehead atoms. The first-order chi connectivity index (χ1) is 8.78. The normalized spacial score (nSPS) is 19.2. The van der Waals surface area contributed by atoms with Crippen molar-refractivity contribution in [1.82, 2.24) is 10.3 Å². The van der Waals surface area contributed by atoms with Crippen molar-refractivity contribution in [3.8, 4) is 0 Å². The molecule has 3 N–H and O–H groups in total. The largest absolute Gasteiger partial charge is 0.370 e. The van der Waals surface area contributed by atoms with Crippen molar-refractivity contribution in [1.29, 1.82) is 0 Å². The van der Waals surface area contributed by atoms with Crippen molar-refractivity contribution in [3.63, 3.8) is 0 Å². The molecule has 98 valence electrons. The van der Waals surface area contributed by atoms with Crippen LogP contribution in [0.3, 0.4) is 0 Å². The van der Waals surface area contributed by atoms with Gasteiger partial charge >= 0.3 is 0 Å². The van der Waals surface area contributed by atoms with E-state index < -0.39 is 0 Å². The van der Waals surface area contributed by atoms with E-state index in [2.05, 4.69) is 27.9 Å². The standard InChI is InChI=1S/C13H20N4O/c1-2-8-14-11-4-3-5-12(17-11)16-10-6-7-13(18)15-9-10/h3-5,10H,2,6-9H2,1H3,(H,15,18)(H2,14,16,17). The molecule has 0 aliphatic carbocycles. The van der Waals surface area contributed by atoms with Gasteiger partial charge in [-0.25, -0.2) is 4.98 Å². The molecule has 2 rings (SSSR count). The van der Waals surface area contributed by atoms with E-state index in [0.717, 1.165) is 31.0 Å². The average molecular weight is 248 g/mol. The Morgan fingerprint density at radius 1 is 1.44 bits per heavy atom. The first-order valence-electron chi connectivity index (χ1n) is 6.52. The number of pyridine rings is 1. The minimum atomic E-state index is 0.138. The highest BCUT2D eigenvalue weighted by molar-refractivity contribution is 5.77. The Kier molecular flexibility index (Phi) is 4.39. The van der Waals surface area contributed by atoms with E-state index in [1.807, 2.05) is 18.2 Å². The lowest BCUT2D eigenvalue weighted by molar-refractivity contribution is -0.122. The Morgan fingerprint density at radius 3 is 3.00 bits per heavy atom. The van der Waals surface area contributed by atoms with E-state index in [4.69, 9.17) is 0 Å². The van der Waals surface area contributed by atoms with E-state index in [9.17, 15) is 4.79 Å². The molecule has 2 heterocycles. The molecular formula is C13H20N4O. The molecule has 1 aromatic rings. The molecule has 5 heteroatoms. The summed E-state index contributed by atoms with van der Waals surface area (Å²) in [4.78, 5) is 15.6. The summed E-state index contributed by atoms with van der Waals surface area (Å²) in [5.41, 5.74) is 0. The maximum Gasteiger partial charge on any atom is 0.220 e. The minimum absolute atomic E-state index is 0.138. The summed E-state index contributed by atoms with van der Waals surface area (Å²) in [6.45, 7) is 3.73. The molecule has 0 aromatic carbocycles. The summed E-state index contributed by atoms with van der Waals surface area (Å²) in [5.74, 6) is 1.89. The Labute approximate surface area is 107 Å². The molecule has 1 atom stereocenters. The van der Waals surface area contributed by atoms with E-state index in [1.54, 1.807) is 0 Å². The van der Waals surface area contributed by atoms with E-state index in [1.165, 1.54) is 0 Å². The monoisotopic (exact) mass is 248 g/mol. The summed E-state index contributed by atoms with van der Waals surface area (Å²) >= 11 is 0. The molecule has 18 heavy (non-hydrogen) atoms. The van der Waals surface area contributed by atoms with Crippen molar-refractivity contribution in [2.75, 3.05) is 23.7 Å². The Bertz CT molecular complexity index is 398. The topological polar surface area (TPSA) is 66.0 Å². The van der Waals surface area contributed by atoms with Crippen LogP contribution in [0.4, 0.5) is 11.6 Å². The number of rotatable bonds is 5. The minimum Gasteiger partial charge on any atom is -0.370 e. The third-order valence-corrected chi connectivity index (χ3v) is 2.92. The molecule has 0 saturated carbocycles. The zero-order valence-corrected chi connectivity index (χ0v) is 10.7. The fraction of sp³-hybridized carbons (Fsp3) is 0.538. The first kappa shape index (κ1) is 12.7. The van der Waals surface area contributed by atoms with Crippen molar-refractivity contribution >= 4 is 17.5 Å². The fourth-order valence-corrected chi connectivity index (χ4v) is 1.93.